The van der Waals surface area contributed by atoms with Crippen molar-refractivity contribution in [3.63, 3.8) is 0 Å². The Labute approximate surface area is 115 Å². The highest BCUT2D eigenvalue weighted by Gasteiger charge is 2.19. The van der Waals surface area contributed by atoms with Gasteiger partial charge in [-0.15, -0.1) is 0 Å². The van der Waals surface area contributed by atoms with Crippen LogP contribution in [0.1, 0.15) is 37.7 Å². The second-order valence-electron chi connectivity index (χ2n) is 5.82. The van der Waals surface area contributed by atoms with Gasteiger partial charge in [0.15, 0.2) is 0 Å². The minimum atomic E-state index is -0.109. The van der Waals surface area contributed by atoms with E-state index in [0.717, 1.165) is 31.7 Å². The number of piperidine rings is 1. The fourth-order valence-corrected chi connectivity index (χ4v) is 3.33. The number of anilines is 1. The molecule has 2 aliphatic rings. The van der Waals surface area contributed by atoms with E-state index in [-0.39, 0.29) is 5.82 Å². The number of hydrogen-bond donors (Lipinski definition) is 1. The Morgan fingerprint density at radius 3 is 2.74 bits per heavy atom. The Balaban J connectivity index is 1.78. The van der Waals surface area contributed by atoms with E-state index in [1.54, 1.807) is 12.1 Å². The third-order valence-corrected chi connectivity index (χ3v) is 4.37. The van der Waals surface area contributed by atoms with E-state index < -0.39 is 0 Å². The van der Waals surface area contributed by atoms with Crippen molar-refractivity contribution in [2.24, 2.45) is 0 Å². The molecule has 1 atom stereocenters. The van der Waals surface area contributed by atoms with Crippen LogP contribution in [-0.2, 0) is 6.42 Å². The molecule has 2 saturated heterocycles. The van der Waals surface area contributed by atoms with Gasteiger partial charge in [0, 0.05) is 24.8 Å². The molecule has 0 amide bonds. The van der Waals surface area contributed by atoms with Gasteiger partial charge >= 0.3 is 0 Å². The van der Waals surface area contributed by atoms with Crippen LogP contribution < -0.4 is 10.2 Å². The van der Waals surface area contributed by atoms with Crippen molar-refractivity contribution in [2.75, 3.05) is 24.5 Å². The van der Waals surface area contributed by atoms with Crippen LogP contribution >= 0.6 is 0 Å². The molecule has 0 spiro atoms. The Hall–Kier alpha value is -1.09. The quantitative estimate of drug-likeness (QED) is 0.900. The van der Waals surface area contributed by atoms with Gasteiger partial charge in [0.2, 0.25) is 0 Å². The van der Waals surface area contributed by atoms with Gasteiger partial charge in [0.1, 0.15) is 5.82 Å². The van der Waals surface area contributed by atoms with Crippen molar-refractivity contribution in [3.05, 3.63) is 29.6 Å². The molecule has 1 aromatic carbocycles. The van der Waals surface area contributed by atoms with Crippen LogP contribution in [0.25, 0.3) is 0 Å². The Morgan fingerprint density at radius 2 is 2.00 bits per heavy atom. The summed E-state index contributed by atoms with van der Waals surface area (Å²) in [7, 11) is 0. The lowest BCUT2D eigenvalue weighted by Gasteiger charge is -2.27. The largest absolute Gasteiger partial charge is 0.371 e. The third kappa shape index (κ3) is 3.08. The summed E-state index contributed by atoms with van der Waals surface area (Å²) in [4.78, 5) is 2.35. The van der Waals surface area contributed by atoms with E-state index in [0.29, 0.717) is 6.04 Å². The first-order valence-electron chi connectivity index (χ1n) is 7.60. The second-order valence-corrected chi connectivity index (χ2v) is 5.82. The maximum Gasteiger partial charge on any atom is 0.125 e. The molecule has 0 aromatic heterocycles. The molecular weight excluding hydrogens is 239 g/mol. The monoisotopic (exact) mass is 262 g/mol. The van der Waals surface area contributed by atoms with Crippen LogP contribution in [0, 0.1) is 5.82 Å². The molecule has 2 fully saturated rings. The molecule has 0 saturated carbocycles. The minimum absolute atomic E-state index is 0.109. The van der Waals surface area contributed by atoms with E-state index in [1.165, 1.54) is 37.7 Å². The summed E-state index contributed by atoms with van der Waals surface area (Å²) in [6, 6.07) is 5.89. The molecular formula is C16H23FN2. The lowest BCUT2D eigenvalue weighted by molar-refractivity contribution is 0.399. The van der Waals surface area contributed by atoms with Crippen LogP contribution in [0.3, 0.4) is 0 Å². The minimum Gasteiger partial charge on any atom is -0.371 e. The zero-order valence-electron chi connectivity index (χ0n) is 11.5. The highest BCUT2D eigenvalue weighted by molar-refractivity contribution is 5.55. The lowest BCUT2D eigenvalue weighted by atomic mass is 9.96. The zero-order chi connectivity index (χ0) is 13.1. The Morgan fingerprint density at radius 1 is 1.16 bits per heavy atom. The number of hydrogen-bond acceptors (Lipinski definition) is 2. The van der Waals surface area contributed by atoms with E-state index in [1.807, 2.05) is 6.07 Å². The summed E-state index contributed by atoms with van der Waals surface area (Å²) in [6.45, 7) is 3.29. The van der Waals surface area contributed by atoms with E-state index >= 15 is 0 Å². The first-order chi connectivity index (χ1) is 9.33. The predicted molar refractivity (Wildman–Crippen MR) is 77.2 cm³/mol. The van der Waals surface area contributed by atoms with Crippen LogP contribution in [-0.4, -0.2) is 25.7 Å². The average molecular weight is 262 g/mol. The molecule has 2 nitrogen and oxygen atoms in total. The van der Waals surface area contributed by atoms with Crippen molar-refractivity contribution in [2.45, 2.75) is 44.6 Å². The van der Waals surface area contributed by atoms with E-state index in [4.69, 9.17) is 0 Å². The molecule has 1 aromatic rings. The van der Waals surface area contributed by atoms with Gasteiger partial charge in [-0.25, -0.2) is 4.39 Å². The summed E-state index contributed by atoms with van der Waals surface area (Å²) in [5.41, 5.74) is 2.44. The molecule has 0 aliphatic carbocycles. The van der Waals surface area contributed by atoms with Gasteiger partial charge < -0.3 is 10.2 Å². The second kappa shape index (κ2) is 5.91. The van der Waals surface area contributed by atoms with Gasteiger partial charge in [0.05, 0.1) is 0 Å². The van der Waals surface area contributed by atoms with Gasteiger partial charge in [-0.05, 0) is 56.3 Å². The van der Waals surface area contributed by atoms with Gasteiger partial charge in [-0.1, -0.05) is 12.5 Å². The fourth-order valence-electron chi connectivity index (χ4n) is 3.33. The van der Waals surface area contributed by atoms with Crippen molar-refractivity contribution in [1.29, 1.82) is 0 Å². The molecule has 3 heteroatoms. The molecule has 1 N–H and O–H groups in total. The number of halogens is 1. The van der Waals surface area contributed by atoms with E-state index in [2.05, 4.69) is 10.2 Å². The first kappa shape index (κ1) is 12.9. The summed E-state index contributed by atoms with van der Waals surface area (Å²) in [5.74, 6) is -0.109. The maximum atomic E-state index is 13.5. The van der Waals surface area contributed by atoms with Crippen molar-refractivity contribution >= 4 is 5.69 Å². The molecule has 2 aliphatic heterocycles. The fraction of sp³-hybridized carbons (Fsp3) is 0.625. The number of nitrogens with zero attached hydrogens (tertiary/aromatic N) is 1. The summed E-state index contributed by atoms with van der Waals surface area (Å²) < 4.78 is 13.5. The smallest absolute Gasteiger partial charge is 0.125 e. The van der Waals surface area contributed by atoms with Gasteiger partial charge in [-0.3, -0.25) is 0 Å². The molecule has 0 bridgehead atoms. The maximum absolute atomic E-state index is 13.5. The zero-order valence-corrected chi connectivity index (χ0v) is 11.5. The Kier molecular flexibility index (Phi) is 4.02. The summed E-state index contributed by atoms with van der Waals surface area (Å²) in [6.07, 6.45) is 7.36. The summed E-state index contributed by atoms with van der Waals surface area (Å²) >= 11 is 0. The molecule has 0 radical (unpaired) electrons. The van der Waals surface area contributed by atoms with Crippen molar-refractivity contribution in [3.8, 4) is 0 Å². The highest BCUT2D eigenvalue weighted by atomic mass is 19.1. The highest BCUT2D eigenvalue weighted by Crippen LogP contribution is 2.27. The first-order valence-corrected chi connectivity index (χ1v) is 7.60. The molecule has 19 heavy (non-hydrogen) atoms. The van der Waals surface area contributed by atoms with Crippen LogP contribution in [0.4, 0.5) is 10.1 Å². The number of benzene rings is 1. The normalized spacial score (nSPS) is 23.8. The van der Waals surface area contributed by atoms with Gasteiger partial charge in [-0.2, -0.15) is 0 Å². The topological polar surface area (TPSA) is 15.3 Å². The SMILES string of the molecule is Fc1ccc(CC2CCCCN2)c(N2CCCC2)c1. The number of rotatable bonds is 3. The van der Waals surface area contributed by atoms with Gasteiger partial charge in [0.25, 0.3) is 0 Å². The lowest BCUT2D eigenvalue weighted by Crippen LogP contribution is -2.36. The Bertz CT molecular complexity index is 421. The molecule has 104 valence electrons. The average Bonchev–Trinajstić information content (AvgIpc) is 2.96. The van der Waals surface area contributed by atoms with E-state index in [9.17, 15) is 4.39 Å². The van der Waals surface area contributed by atoms with Crippen molar-refractivity contribution < 1.29 is 4.39 Å². The predicted octanol–water partition coefficient (Wildman–Crippen LogP) is 3.11. The van der Waals surface area contributed by atoms with Crippen molar-refractivity contribution in [1.82, 2.24) is 5.32 Å². The van der Waals surface area contributed by atoms with Crippen LogP contribution in [0.15, 0.2) is 18.2 Å². The molecule has 2 heterocycles. The molecule has 1 unspecified atom stereocenters. The third-order valence-electron chi connectivity index (χ3n) is 4.37. The van der Waals surface area contributed by atoms with Crippen LogP contribution in [0.2, 0.25) is 0 Å². The van der Waals surface area contributed by atoms with Crippen LogP contribution in [0.5, 0.6) is 0 Å². The standard InChI is InChI=1S/C16H23FN2/c17-14-7-6-13(11-15-5-1-2-8-18-15)16(12-14)19-9-3-4-10-19/h6-7,12,15,18H,1-5,8-11H2. The number of nitrogens with one attached hydrogen (secondary N) is 1. The summed E-state index contributed by atoms with van der Waals surface area (Å²) in [5, 5.41) is 3.59. The molecule has 3 rings (SSSR count).